The molecule has 82 valence electrons. The van der Waals surface area contributed by atoms with Crippen LogP contribution in [0.4, 0.5) is 5.69 Å². The second-order valence-electron chi connectivity index (χ2n) is 3.27. The van der Waals surface area contributed by atoms with E-state index in [9.17, 15) is 9.59 Å². The number of benzene rings is 1. The van der Waals surface area contributed by atoms with Crippen molar-refractivity contribution in [2.75, 3.05) is 5.01 Å². The molecule has 1 aliphatic rings. The van der Waals surface area contributed by atoms with Crippen LogP contribution in [0.15, 0.2) is 29.4 Å². The molecule has 0 radical (unpaired) electrons. The van der Waals surface area contributed by atoms with Crippen molar-refractivity contribution in [2.24, 2.45) is 10.8 Å². The largest absolute Gasteiger partial charge is 0.364 e. The maximum atomic E-state index is 11.6. The lowest BCUT2D eigenvalue weighted by molar-refractivity contribution is -0.117. The molecular weight excluding hydrogens is 230 g/mol. The predicted molar refractivity (Wildman–Crippen MR) is 60.2 cm³/mol. The van der Waals surface area contributed by atoms with Crippen LogP contribution in [0.3, 0.4) is 0 Å². The smallest absolute Gasteiger partial charge is 0.265 e. The molecule has 2 rings (SSSR count). The Morgan fingerprint density at radius 1 is 1.50 bits per heavy atom. The van der Waals surface area contributed by atoms with E-state index in [4.69, 9.17) is 17.3 Å². The van der Waals surface area contributed by atoms with Crippen LogP contribution < -0.4 is 10.7 Å². The molecule has 0 aliphatic carbocycles. The average molecular weight is 238 g/mol. The molecule has 2 N–H and O–H groups in total. The van der Waals surface area contributed by atoms with E-state index >= 15 is 0 Å². The van der Waals surface area contributed by atoms with Gasteiger partial charge in [0.15, 0.2) is 0 Å². The third-order valence-corrected chi connectivity index (χ3v) is 2.35. The Bertz CT molecular complexity index is 499. The van der Waals surface area contributed by atoms with Crippen molar-refractivity contribution in [1.82, 2.24) is 0 Å². The molecule has 0 unspecified atom stereocenters. The Labute approximate surface area is 96.5 Å². The van der Waals surface area contributed by atoms with E-state index in [-0.39, 0.29) is 18.0 Å². The van der Waals surface area contributed by atoms with Gasteiger partial charge in [0.2, 0.25) is 0 Å². The molecule has 0 spiro atoms. The minimum absolute atomic E-state index is 0.0602. The molecule has 0 atom stereocenters. The molecule has 0 saturated carbocycles. The number of hydrogen-bond donors (Lipinski definition) is 1. The molecule has 1 aliphatic heterocycles. The molecule has 0 bridgehead atoms. The second-order valence-corrected chi connectivity index (χ2v) is 3.71. The van der Waals surface area contributed by atoms with Crippen LogP contribution in [0.1, 0.15) is 6.42 Å². The van der Waals surface area contributed by atoms with Gasteiger partial charge in [0.25, 0.3) is 11.8 Å². The van der Waals surface area contributed by atoms with Crippen LogP contribution in [0.25, 0.3) is 0 Å². The van der Waals surface area contributed by atoms with Gasteiger partial charge >= 0.3 is 0 Å². The van der Waals surface area contributed by atoms with Gasteiger partial charge < -0.3 is 5.73 Å². The third kappa shape index (κ3) is 1.90. The molecular formula is C10H8ClN3O2. The second kappa shape index (κ2) is 3.94. The number of halogens is 1. The van der Waals surface area contributed by atoms with Crippen molar-refractivity contribution >= 4 is 34.8 Å². The summed E-state index contributed by atoms with van der Waals surface area (Å²) >= 11 is 5.79. The number of primary amides is 1. The normalized spacial score (nSPS) is 15.2. The topological polar surface area (TPSA) is 75.8 Å². The van der Waals surface area contributed by atoms with E-state index in [0.717, 1.165) is 5.01 Å². The van der Waals surface area contributed by atoms with Crippen LogP contribution in [-0.2, 0) is 9.59 Å². The molecule has 1 heterocycles. The summed E-state index contributed by atoms with van der Waals surface area (Å²) in [6.45, 7) is 0. The van der Waals surface area contributed by atoms with E-state index in [2.05, 4.69) is 5.10 Å². The van der Waals surface area contributed by atoms with Gasteiger partial charge in [-0.2, -0.15) is 10.1 Å². The number of carbonyl (C=O) groups is 2. The van der Waals surface area contributed by atoms with Crippen LogP contribution in [0.2, 0.25) is 5.02 Å². The molecule has 5 nitrogen and oxygen atoms in total. The van der Waals surface area contributed by atoms with Crippen molar-refractivity contribution < 1.29 is 9.59 Å². The Balaban J connectivity index is 2.35. The first-order valence-corrected chi connectivity index (χ1v) is 4.91. The zero-order valence-electron chi connectivity index (χ0n) is 8.18. The zero-order chi connectivity index (χ0) is 11.7. The van der Waals surface area contributed by atoms with Gasteiger partial charge in [-0.15, -0.1) is 0 Å². The van der Waals surface area contributed by atoms with E-state index in [1.165, 1.54) is 0 Å². The summed E-state index contributed by atoms with van der Waals surface area (Å²) in [6, 6.07) is 6.65. The minimum Gasteiger partial charge on any atom is -0.364 e. The number of hydrogen-bond acceptors (Lipinski definition) is 3. The number of nitrogens with zero attached hydrogens (tertiary/aromatic N) is 2. The maximum Gasteiger partial charge on any atom is 0.265 e. The fraction of sp³-hybridized carbons (Fsp3) is 0.100. The first kappa shape index (κ1) is 10.6. The molecule has 0 saturated heterocycles. The SMILES string of the molecule is NC(=O)C1=NN(c2cccc(Cl)c2)C(=O)C1. The molecule has 0 fully saturated rings. The fourth-order valence-electron chi connectivity index (χ4n) is 1.38. The van der Waals surface area contributed by atoms with Gasteiger partial charge in [-0.1, -0.05) is 17.7 Å². The standard InChI is InChI=1S/C10H8ClN3O2/c11-6-2-1-3-7(4-6)14-9(15)5-8(13-14)10(12)16/h1-4H,5H2,(H2,12,16). The van der Waals surface area contributed by atoms with Crippen molar-refractivity contribution in [2.45, 2.75) is 6.42 Å². The number of anilines is 1. The highest BCUT2D eigenvalue weighted by molar-refractivity contribution is 6.44. The van der Waals surface area contributed by atoms with Gasteiger partial charge in [-0.3, -0.25) is 9.59 Å². The minimum atomic E-state index is -0.683. The van der Waals surface area contributed by atoms with Gasteiger partial charge in [0, 0.05) is 5.02 Å². The summed E-state index contributed by atoms with van der Waals surface area (Å²) < 4.78 is 0. The summed E-state index contributed by atoms with van der Waals surface area (Å²) in [5.41, 5.74) is 5.64. The van der Waals surface area contributed by atoms with Crippen LogP contribution in [0.5, 0.6) is 0 Å². The van der Waals surface area contributed by atoms with E-state index in [1.54, 1.807) is 24.3 Å². The monoisotopic (exact) mass is 237 g/mol. The Kier molecular flexibility index (Phi) is 2.62. The fourth-order valence-corrected chi connectivity index (χ4v) is 1.56. The van der Waals surface area contributed by atoms with Crippen LogP contribution in [0, 0.1) is 0 Å². The molecule has 6 heteroatoms. The molecule has 0 aromatic heterocycles. The Morgan fingerprint density at radius 3 is 2.81 bits per heavy atom. The number of rotatable bonds is 2. The first-order valence-electron chi connectivity index (χ1n) is 4.54. The third-order valence-electron chi connectivity index (χ3n) is 2.11. The summed E-state index contributed by atoms with van der Waals surface area (Å²) in [6.07, 6.45) is -0.0676. The highest BCUT2D eigenvalue weighted by atomic mass is 35.5. The van der Waals surface area contributed by atoms with Gasteiger partial charge in [0.05, 0.1) is 12.1 Å². The Morgan fingerprint density at radius 2 is 2.25 bits per heavy atom. The van der Waals surface area contributed by atoms with Crippen molar-refractivity contribution in [1.29, 1.82) is 0 Å². The summed E-state index contributed by atoms with van der Waals surface area (Å²) in [4.78, 5) is 22.4. The number of carbonyl (C=O) groups excluding carboxylic acids is 2. The number of nitrogens with two attached hydrogens (primary N) is 1. The lowest BCUT2D eigenvalue weighted by atomic mass is 10.2. The van der Waals surface area contributed by atoms with Crippen molar-refractivity contribution in [3.63, 3.8) is 0 Å². The van der Waals surface area contributed by atoms with E-state index in [0.29, 0.717) is 10.7 Å². The van der Waals surface area contributed by atoms with E-state index in [1.807, 2.05) is 0 Å². The average Bonchev–Trinajstić information content (AvgIpc) is 2.60. The first-order chi connectivity index (χ1) is 7.58. The Hall–Kier alpha value is -1.88. The highest BCUT2D eigenvalue weighted by Crippen LogP contribution is 2.23. The number of hydrazone groups is 1. The number of amides is 2. The highest BCUT2D eigenvalue weighted by Gasteiger charge is 2.27. The van der Waals surface area contributed by atoms with Crippen molar-refractivity contribution in [3.8, 4) is 0 Å². The maximum absolute atomic E-state index is 11.6. The van der Waals surface area contributed by atoms with Gasteiger partial charge in [0.1, 0.15) is 5.71 Å². The lowest BCUT2D eigenvalue weighted by Crippen LogP contribution is -2.22. The summed E-state index contributed by atoms with van der Waals surface area (Å²) in [7, 11) is 0. The quantitative estimate of drug-likeness (QED) is 0.830. The van der Waals surface area contributed by atoms with Gasteiger partial charge in [-0.25, -0.2) is 0 Å². The summed E-state index contributed by atoms with van der Waals surface area (Å²) in [5, 5.41) is 5.47. The van der Waals surface area contributed by atoms with Crippen LogP contribution >= 0.6 is 11.6 Å². The molecule has 16 heavy (non-hydrogen) atoms. The zero-order valence-corrected chi connectivity index (χ0v) is 8.94. The van der Waals surface area contributed by atoms with Crippen molar-refractivity contribution in [3.05, 3.63) is 29.3 Å². The lowest BCUT2D eigenvalue weighted by Gasteiger charge is -2.11. The van der Waals surface area contributed by atoms with E-state index < -0.39 is 5.91 Å². The molecule has 2 amide bonds. The predicted octanol–water partition coefficient (Wildman–Crippen LogP) is 0.918. The van der Waals surface area contributed by atoms with Crippen LogP contribution in [-0.4, -0.2) is 17.5 Å². The molecule has 1 aromatic carbocycles. The summed E-state index contributed by atoms with van der Waals surface area (Å²) in [5.74, 6) is -0.978. The molecule has 1 aromatic rings. The van der Waals surface area contributed by atoms with Gasteiger partial charge in [-0.05, 0) is 18.2 Å².